The lowest BCUT2D eigenvalue weighted by molar-refractivity contribution is -0.111. The Kier molecular flexibility index (Phi) is 5.21. The van der Waals surface area contributed by atoms with Crippen molar-refractivity contribution in [2.24, 2.45) is 0 Å². The second kappa shape index (κ2) is 7.94. The molecule has 0 spiro atoms. The van der Waals surface area contributed by atoms with Crippen LogP contribution in [0.2, 0.25) is 0 Å². The summed E-state index contributed by atoms with van der Waals surface area (Å²) >= 11 is 0. The van der Waals surface area contributed by atoms with Gasteiger partial charge in [0.2, 0.25) is 12.7 Å². The van der Waals surface area contributed by atoms with Crippen LogP contribution in [-0.4, -0.2) is 50.8 Å². The van der Waals surface area contributed by atoms with Gasteiger partial charge in [-0.15, -0.1) is 0 Å². The molecule has 2 aromatic carbocycles. The fourth-order valence-corrected chi connectivity index (χ4v) is 3.51. The molecule has 28 heavy (non-hydrogen) atoms. The van der Waals surface area contributed by atoms with Gasteiger partial charge in [0, 0.05) is 43.6 Å². The molecule has 0 radical (unpaired) electrons. The lowest BCUT2D eigenvalue weighted by atomic mass is 10.1. The standard InChI is InChI=1S/C22H25N3O3/c1-16-13-18(5-6-19(16)25-11-9-24(2)10-12-25)23-22(26)8-4-17-3-7-20-21(14-17)28-15-27-20/h3-8,13-14H,9-12,15H2,1-2H3,(H,23,26)/b8-4+. The van der Waals surface area contributed by atoms with E-state index in [0.29, 0.717) is 5.75 Å². The van der Waals surface area contributed by atoms with Crippen LogP contribution in [0, 0.1) is 6.92 Å². The van der Waals surface area contributed by atoms with Gasteiger partial charge in [-0.2, -0.15) is 0 Å². The highest BCUT2D eigenvalue weighted by atomic mass is 16.7. The van der Waals surface area contributed by atoms with Crippen LogP contribution >= 0.6 is 0 Å². The minimum absolute atomic E-state index is 0.163. The summed E-state index contributed by atoms with van der Waals surface area (Å²) in [5.74, 6) is 1.28. The number of nitrogens with zero attached hydrogens (tertiary/aromatic N) is 2. The number of nitrogens with one attached hydrogen (secondary N) is 1. The molecule has 1 N–H and O–H groups in total. The zero-order chi connectivity index (χ0) is 19.5. The lowest BCUT2D eigenvalue weighted by Crippen LogP contribution is -2.44. The number of piperazine rings is 1. The number of fused-ring (bicyclic) bond motifs is 1. The number of ether oxygens (including phenoxy) is 2. The molecule has 6 heteroatoms. The second-order valence-corrected chi connectivity index (χ2v) is 7.23. The number of carbonyl (C=O) groups is 1. The Morgan fingerprint density at radius 1 is 1.04 bits per heavy atom. The molecule has 1 fully saturated rings. The van der Waals surface area contributed by atoms with Crippen LogP contribution in [-0.2, 0) is 4.79 Å². The van der Waals surface area contributed by atoms with Crippen molar-refractivity contribution in [1.29, 1.82) is 0 Å². The van der Waals surface area contributed by atoms with Crippen molar-refractivity contribution < 1.29 is 14.3 Å². The highest BCUT2D eigenvalue weighted by molar-refractivity contribution is 6.02. The van der Waals surface area contributed by atoms with Crippen LogP contribution in [0.5, 0.6) is 11.5 Å². The molecule has 146 valence electrons. The zero-order valence-corrected chi connectivity index (χ0v) is 16.3. The highest BCUT2D eigenvalue weighted by Gasteiger charge is 2.16. The van der Waals surface area contributed by atoms with E-state index in [1.807, 2.05) is 30.3 Å². The molecule has 4 rings (SSSR count). The van der Waals surface area contributed by atoms with Crippen LogP contribution in [0.1, 0.15) is 11.1 Å². The van der Waals surface area contributed by atoms with Crippen LogP contribution in [0.15, 0.2) is 42.5 Å². The van der Waals surface area contributed by atoms with E-state index in [4.69, 9.17) is 9.47 Å². The Morgan fingerprint density at radius 3 is 2.61 bits per heavy atom. The fourth-order valence-electron chi connectivity index (χ4n) is 3.51. The first-order valence-electron chi connectivity index (χ1n) is 9.51. The van der Waals surface area contributed by atoms with Crippen molar-refractivity contribution in [3.63, 3.8) is 0 Å². The maximum absolute atomic E-state index is 12.3. The van der Waals surface area contributed by atoms with Gasteiger partial charge in [-0.1, -0.05) is 6.07 Å². The maximum atomic E-state index is 12.3. The molecule has 2 aromatic rings. The van der Waals surface area contributed by atoms with E-state index in [-0.39, 0.29) is 12.7 Å². The number of rotatable bonds is 4. The third-order valence-electron chi connectivity index (χ3n) is 5.13. The number of aryl methyl sites for hydroxylation is 1. The Morgan fingerprint density at radius 2 is 1.82 bits per heavy atom. The van der Waals surface area contributed by atoms with E-state index >= 15 is 0 Å². The van der Waals surface area contributed by atoms with Gasteiger partial charge >= 0.3 is 0 Å². The number of likely N-dealkylation sites (N-methyl/N-ethyl adjacent to an activating group) is 1. The fraction of sp³-hybridized carbons (Fsp3) is 0.318. The van der Waals surface area contributed by atoms with E-state index in [1.54, 1.807) is 6.08 Å². The molecule has 6 nitrogen and oxygen atoms in total. The Labute approximate surface area is 165 Å². The first-order chi connectivity index (χ1) is 13.6. The third-order valence-corrected chi connectivity index (χ3v) is 5.13. The van der Waals surface area contributed by atoms with Crippen molar-refractivity contribution in [3.8, 4) is 11.5 Å². The van der Waals surface area contributed by atoms with Gasteiger partial charge in [0.05, 0.1) is 0 Å². The summed E-state index contributed by atoms with van der Waals surface area (Å²) in [6.07, 6.45) is 3.30. The van der Waals surface area contributed by atoms with E-state index in [9.17, 15) is 4.79 Å². The van der Waals surface area contributed by atoms with Crippen molar-refractivity contribution in [2.45, 2.75) is 6.92 Å². The lowest BCUT2D eigenvalue weighted by Gasteiger charge is -2.35. The maximum Gasteiger partial charge on any atom is 0.248 e. The summed E-state index contributed by atoms with van der Waals surface area (Å²) in [5.41, 5.74) is 4.10. The second-order valence-electron chi connectivity index (χ2n) is 7.23. The molecule has 2 heterocycles. The summed E-state index contributed by atoms with van der Waals surface area (Å²) in [4.78, 5) is 17.0. The van der Waals surface area contributed by atoms with Gasteiger partial charge in [0.15, 0.2) is 11.5 Å². The molecule has 1 saturated heterocycles. The van der Waals surface area contributed by atoms with Gasteiger partial charge in [-0.25, -0.2) is 0 Å². The average molecular weight is 379 g/mol. The smallest absolute Gasteiger partial charge is 0.248 e. The number of carbonyl (C=O) groups excluding carboxylic acids is 1. The van der Waals surface area contributed by atoms with Gasteiger partial charge in [0.25, 0.3) is 0 Å². The molecular weight excluding hydrogens is 354 g/mol. The molecule has 0 saturated carbocycles. The molecule has 2 aliphatic rings. The van der Waals surface area contributed by atoms with E-state index in [1.165, 1.54) is 17.3 Å². The van der Waals surface area contributed by atoms with E-state index in [2.05, 4.69) is 35.2 Å². The molecule has 0 bridgehead atoms. The van der Waals surface area contributed by atoms with Gasteiger partial charge in [-0.05, 0) is 61.5 Å². The van der Waals surface area contributed by atoms with Crippen molar-refractivity contribution >= 4 is 23.4 Å². The van der Waals surface area contributed by atoms with Crippen molar-refractivity contribution in [1.82, 2.24) is 4.90 Å². The Bertz CT molecular complexity index is 902. The molecule has 0 aliphatic carbocycles. The third kappa shape index (κ3) is 4.12. The summed E-state index contributed by atoms with van der Waals surface area (Å²) in [5, 5.41) is 2.93. The van der Waals surface area contributed by atoms with Crippen LogP contribution in [0.25, 0.3) is 6.08 Å². The predicted molar refractivity (Wildman–Crippen MR) is 111 cm³/mol. The van der Waals surface area contributed by atoms with Crippen LogP contribution < -0.4 is 19.7 Å². The summed E-state index contributed by atoms with van der Waals surface area (Å²) < 4.78 is 10.7. The van der Waals surface area contributed by atoms with Crippen molar-refractivity contribution in [3.05, 3.63) is 53.6 Å². The number of hydrogen-bond acceptors (Lipinski definition) is 5. The monoisotopic (exact) mass is 379 g/mol. The molecule has 1 amide bonds. The van der Waals surface area contributed by atoms with Gasteiger partial charge < -0.3 is 24.6 Å². The molecule has 0 aromatic heterocycles. The summed E-state index contributed by atoms with van der Waals surface area (Å²) in [6.45, 7) is 6.53. The number of amides is 1. The number of anilines is 2. The topological polar surface area (TPSA) is 54.0 Å². The van der Waals surface area contributed by atoms with Crippen LogP contribution in [0.4, 0.5) is 11.4 Å². The predicted octanol–water partition coefficient (Wildman–Crippen LogP) is 3.13. The number of benzene rings is 2. The molecule has 0 atom stereocenters. The first-order valence-corrected chi connectivity index (χ1v) is 9.51. The first kappa shape index (κ1) is 18.4. The zero-order valence-electron chi connectivity index (χ0n) is 16.3. The summed E-state index contributed by atoms with van der Waals surface area (Å²) in [6, 6.07) is 11.7. The molecule has 2 aliphatic heterocycles. The summed E-state index contributed by atoms with van der Waals surface area (Å²) in [7, 11) is 2.15. The Balaban J connectivity index is 1.38. The Hall–Kier alpha value is -2.99. The van der Waals surface area contributed by atoms with Gasteiger partial charge in [-0.3, -0.25) is 4.79 Å². The molecular formula is C22H25N3O3. The number of hydrogen-bond donors (Lipinski definition) is 1. The minimum Gasteiger partial charge on any atom is -0.454 e. The molecule has 0 unspecified atom stereocenters. The largest absolute Gasteiger partial charge is 0.454 e. The quantitative estimate of drug-likeness (QED) is 0.828. The minimum atomic E-state index is -0.163. The normalized spacial score (nSPS) is 16.6. The SMILES string of the molecule is Cc1cc(NC(=O)/C=C/c2ccc3c(c2)OCO3)ccc1N1CCN(C)CC1. The van der Waals surface area contributed by atoms with Crippen molar-refractivity contribution in [2.75, 3.05) is 50.2 Å². The van der Waals surface area contributed by atoms with E-state index < -0.39 is 0 Å². The average Bonchev–Trinajstić information content (AvgIpc) is 3.15. The van der Waals surface area contributed by atoms with E-state index in [0.717, 1.165) is 43.2 Å². The van der Waals surface area contributed by atoms with Gasteiger partial charge in [0.1, 0.15) is 0 Å². The highest BCUT2D eigenvalue weighted by Crippen LogP contribution is 2.32. The van der Waals surface area contributed by atoms with Crippen LogP contribution in [0.3, 0.4) is 0 Å².